The molecular weight excluding hydrogens is 760 g/mol. The zero-order valence-electron chi connectivity index (χ0n) is 16.0. The van der Waals surface area contributed by atoms with Crippen LogP contribution in [0.25, 0.3) is 0 Å². The van der Waals surface area contributed by atoms with E-state index in [-0.39, 0.29) is 225 Å². The van der Waals surface area contributed by atoms with Gasteiger partial charge < -0.3 is 0 Å². The summed E-state index contributed by atoms with van der Waals surface area (Å²) in [4.78, 5) is -0.320. The summed E-state index contributed by atoms with van der Waals surface area (Å²) in [6.45, 7) is 0. The summed E-state index contributed by atoms with van der Waals surface area (Å²) in [6, 6.07) is 21.7. The monoisotopic (exact) mass is 784 g/mol. The number of hydrogen-bond donors (Lipinski definition) is 2. The molecule has 2 atom stereocenters. The Balaban J connectivity index is -0.000000385. The summed E-state index contributed by atoms with van der Waals surface area (Å²) in [6.07, 6.45) is 0. The second-order valence-corrected chi connectivity index (χ2v) is 14.9. The third kappa shape index (κ3) is 19.3. The van der Waals surface area contributed by atoms with Crippen molar-refractivity contribution in [1.29, 1.82) is 0 Å². The molecule has 0 aromatic heterocycles. The Morgan fingerprint density at radius 1 is 0.579 bits per heavy atom. The number of halogens is 2. The molecule has 3 aromatic carbocycles. The molecule has 6 nitrogen and oxygen atoms in total. The summed E-state index contributed by atoms with van der Waals surface area (Å²) in [5.41, 5.74) is 0.902. The molecule has 3 rings (SSSR count). The van der Waals surface area contributed by atoms with Gasteiger partial charge in [0.2, 0.25) is 0 Å². The van der Waals surface area contributed by atoms with Crippen molar-refractivity contribution in [2.45, 2.75) is 15.2 Å². The molecule has 0 saturated carbocycles. The van der Waals surface area contributed by atoms with E-state index in [4.69, 9.17) is 19.4 Å². The van der Waals surface area contributed by atoms with Gasteiger partial charge in [0.25, 0.3) is 20.2 Å². The fourth-order valence-corrected chi connectivity index (χ4v) is 8.50. The van der Waals surface area contributed by atoms with E-state index in [1.54, 1.807) is 24.3 Å². The van der Waals surface area contributed by atoms with Crippen LogP contribution in [-0.4, -0.2) is 203 Å². The van der Waals surface area contributed by atoms with Gasteiger partial charge in [-0.25, -0.2) is 0 Å². The summed E-state index contributed by atoms with van der Waals surface area (Å²) < 4.78 is 66.2. The van der Waals surface area contributed by atoms with Crippen LogP contribution in [0.4, 0.5) is 0 Å². The van der Waals surface area contributed by atoms with Gasteiger partial charge in [-0.2, -0.15) is 16.8 Å². The van der Waals surface area contributed by atoms with Crippen LogP contribution < -0.4 is 10.6 Å². The average Bonchev–Trinajstić information content (AvgIpc) is 2.74. The molecule has 0 saturated heterocycles. The Hall–Kier alpha value is 5.54. The van der Waals surface area contributed by atoms with Gasteiger partial charge in [0, 0.05) is 5.40 Å². The zero-order chi connectivity index (χ0) is 23.8. The van der Waals surface area contributed by atoms with E-state index in [1.807, 2.05) is 30.3 Å². The first-order valence-corrected chi connectivity index (χ1v) is 18.1. The second-order valence-electron chi connectivity index (χ2n) is 6.13. The number of hydrogen-bond acceptors (Lipinski definition) is 4. The standard InChI is InChI=1S/C19H18O6P2S2.2ClH.6Na.Ru.6H/c20-28(21,22)17-12-6-4-10-15(17)26-19(14-8-2-1-3-9-14)27-16-11-5-7-13-18(16)29(23,24)25;;;;;;;;;;;;;;;/h1-13,19,26-27H,(H,20,21,22)(H,23,24,25);2*1H;;;;;;;;;;;;;/q;;;;;;;;;+2;;;;;;/p-2. The van der Waals surface area contributed by atoms with E-state index in [1.165, 1.54) is 24.3 Å². The Kier molecular flexibility index (Phi) is 38.6. The van der Waals surface area contributed by atoms with Crippen LogP contribution >= 0.6 is 36.5 Å². The molecule has 0 amide bonds. The van der Waals surface area contributed by atoms with E-state index < -0.39 is 20.2 Å². The predicted molar refractivity (Wildman–Crippen MR) is 172 cm³/mol. The van der Waals surface area contributed by atoms with E-state index in [0.29, 0.717) is 10.6 Å². The van der Waals surface area contributed by atoms with Crippen molar-refractivity contribution < 1.29 is 41.1 Å². The molecule has 0 bridgehead atoms. The molecule has 0 aliphatic heterocycles. The first-order chi connectivity index (χ1) is 15.1. The van der Waals surface area contributed by atoms with Gasteiger partial charge in [0.05, 0.1) is 0 Å². The maximum atomic E-state index is 11.8. The zero-order valence-corrected chi connectivity index (χ0v) is 22.9. The van der Waals surface area contributed by atoms with E-state index in [9.17, 15) is 25.9 Å². The van der Waals surface area contributed by atoms with E-state index >= 15 is 0 Å². The quantitative estimate of drug-likeness (QED) is 0.208. The molecular formula is C19H24Cl2Na6O6P2RuS2. The number of benzene rings is 3. The van der Waals surface area contributed by atoms with Crippen LogP contribution in [0.5, 0.6) is 0 Å². The van der Waals surface area contributed by atoms with Gasteiger partial charge in [-0.05, 0) is 28.3 Å². The first kappa shape index (κ1) is 53.1. The molecule has 0 aliphatic carbocycles. The van der Waals surface area contributed by atoms with Crippen LogP contribution in [0.3, 0.4) is 0 Å². The van der Waals surface area contributed by atoms with Crippen LogP contribution in [0.15, 0.2) is 88.7 Å². The normalized spacial score (nSPS) is 11.3. The van der Waals surface area contributed by atoms with Crippen LogP contribution in [0, 0.1) is 0 Å². The molecule has 2 unspecified atom stereocenters. The molecule has 19 heteroatoms. The molecule has 2 N–H and O–H groups in total. The predicted octanol–water partition coefficient (Wildman–Crippen LogP) is 0.672. The topological polar surface area (TPSA) is 109 Å². The van der Waals surface area contributed by atoms with Crippen molar-refractivity contribution in [3.8, 4) is 0 Å². The van der Waals surface area contributed by atoms with Gasteiger partial charge in [0.1, 0.15) is 9.79 Å². The van der Waals surface area contributed by atoms with Crippen LogP contribution in [0.1, 0.15) is 11.0 Å². The second kappa shape index (κ2) is 27.6. The molecule has 0 fully saturated rings. The number of rotatable bonds is 7. The van der Waals surface area contributed by atoms with Crippen molar-refractivity contribution in [3.05, 3.63) is 84.4 Å². The van der Waals surface area contributed by atoms with E-state index in [2.05, 4.69) is 0 Å². The van der Waals surface area contributed by atoms with Gasteiger partial charge in [0.15, 0.2) is 0 Å². The third-order valence-corrected chi connectivity index (χ3v) is 9.85. The third-order valence-electron chi connectivity index (χ3n) is 4.06. The van der Waals surface area contributed by atoms with Gasteiger partial charge in [-0.1, -0.05) is 83.9 Å². The minimum atomic E-state index is -4.39. The minimum absolute atomic E-state index is 0. The van der Waals surface area contributed by atoms with Crippen molar-refractivity contribution >= 4 is 245 Å². The fraction of sp³-hybridized carbons (Fsp3) is 0.0526. The van der Waals surface area contributed by atoms with Crippen molar-refractivity contribution in [3.63, 3.8) is 0 Å². The van der Waals surface area contributed by atoms with Gasteiger partial charge in [-0.3, -0.25) is 9.11 Å². The van der Waals surface area contributed by atoms with E-state index in [0.717, 1.165) is 5.56 Å². The molecule has 0 spiro atoms. The molecule has 38 heavy (non-hydrogen) atoms. The Labute approximate surface area is 377 Å². The summed E-state index contributed by atoms with van der Waals surface area (Å²) in [5, 5.41) is 0.684. The molecule has 0 heterocycles. The Morgan fingerprint density at radius 3 is 1.18 bits per heavy atom. The van der Waals surface area contributed by atoms with Gasteiger partial charge in [-0.15, -0.1) is 0 Å². The van der Waals surface area contributed by atoms with Crippen molar-refractivity contribution in [2.75, 3.05) is 0 Å². The molecule has 0 aliphatic rings. The molecule has 3 aromatic rings. The van der Waals surface area contributed by atoms with Gasteiger partial charge >= 0.3 is 212 Å². The van der Waals surface area contributed by atoms with Crippen molar-refractivity contribution in [1.82, 2.24) is 0 Å². The molecule has 186 valence electrons. The SMILES string of the molecule is O=S(=O)(O)c1ccccc1PC(Pc1ccccc1S(=O)(=O)O)c1ccccc1.[Cl][Ru][Cl].[NaH].[NaH].[NaH].[NaH].[NaH].[NaH]. The Bertz CT molecular complexity index is 1190. The summed E-state index contributed by atoms with van der Waals surface area (Å²) in [7, 11) is 0.820. The first-order valence-electron chi connectivity index (χ1n) is 8.64. The fourth-order valence-electron chi connectivity index (χ4n) is 2.78. The summed E-state index contributed by atoms with van der Waals surface area (Å²) in [5.74, 6) is 0. The summed E-state index contributed by atoms with van der Waals surface area (Å²) >= 11 is -0.346. The van der Waals surface area contributed by atoms with Crippen molar-refractivity contribution in [2.24, 2.45) is 0 Å². The average molecular weight is 784 g/mol. The molecule has 0 radical (unpaired) electrons. The van der Waals surface area contributed by atoms with Crippen LogP contribution in [-0.2, 0) is 35.4 Å². The van der Waals surface area contributed by atoms with Crippen LogP contribution in [0.2, 0.25) is 0 Å². The Morgan fingerprint density at radius 2 is 0.868 bits per heavy atom. The maximum absolute atomic E-state index is 11.8.